The second kappa shape index (κ2) is 8.42. The van der Waals surface area contributed by atoms with Crippen molar-refractivity contribution in [3.05, 3.63) is 53.6 Å². The number of hydrogen-bond acceptors (Lipinski definition) is 3. The summed E-state index contributed by atoms with van der Waals surface area (Å²) >= 11 is 0. The van der Waals surface area contributed by atoms with E-state index in [1.807, 2.05) is 5.32 Å². The molecular weight excluding hydrogens is 416 g/mol. The number of urea groups is 1. The molecule has 1 fully saturated rings. The van der Waals surface area contributed by atoms with E-state index in [2.05, 4.69) is 10.2 Å². The van der Waals surface area contributed by atoms with Gasteiger partial charge in [0.15, 0.2) is 0 Å². The molecule has 1 aliphatic heterocycles. The quantitative estimate of drug-likeness (QED) is 0.654. The Labute approximate surface area is 167 Å². The van der Waals surface area contributed by atoms with Crippen molar-refractivity contribution in [1.29, 1.82) is 0 Å². The lowest BCUT2D eigenvalue weighted by atomic mass is 10.1. The van der Waals surface area contributed by atoms with Gasteiger partial charge in [-0.2, -0.15) is 26.3 Å². The largest absolute Gasteiger partial charge is 0.416 e. The van der Waals surface area contributed by atoms with Crippen LogP contribution in [0.1, 0.15) is 11.1 Å². The summed E-state index contributed by atoms with van der Waals surface area (Å²) in [4.78, 5) is 14.2. The average molecular weight is 433 g/mol. The number of rotatable bonds is 3. The number of morpholine rings is 1. The number of hydrogen-bond donors (Lipinski definition) is 2. The highest BCUT2D eigenvalue weighted by Crippen LogP contribution is 2.37. The number of carbonyl (C=O) groups is 1. The van der Waals surface area contributed by atoms with Gasteiger partial charge in [-0.1, -0.05) is 0 Å². The molecule has 5 nitrogen and oxygen atoms in total. The molecule has 0 saturated carbocycles. The minimum absolute atomic E-state index is 0.00650. The molecule has 2 N–H and O–H groups in total. The molecule has 1 saturated heterocycles. The molecule has 30 heavy (non-hydrogen) atoms. The lowest BCUT2D eigenvalue weighted by molar-refractivity contribution is -0.143. The van der Waals surface area contributed by atoms with Gasteiger partial charge in [0.2, 0.25) is 0 Å². The summed E-state index contributed by atoms with van der Waals surface area (Å²) < 4.78 is 82.7. The number of alkyl halides is 6. The summed E-state index contributed by atoms with van der Waals surface area (Å²) in [6, 6.07) is 6.55. The van der Waals surface area contributed by atoms with Gasteiger partial charge in [0.1, 0.15) is 0 Å². The van der Waals surface area contributed by atoms with Gasteiger partial charge in [0.25, 0.3) is 0 Å². The maximum atomic E-state index is 12.9. The summed E-state index contributed by atoms with van der Waals surface area (Å²) in [6.07, 6.45) is -9.99. The van der Waals surface area contributed by atoms with E-state index in [1.54, 1.807) is 24.3 Å². The van der Waals surface area contributed by atoms with E-state index in [-0.39, 0.29) is 6.07 Å². The smallest absolute Gasteiger partial charge is 0.378 e. The molecule has 3 rings (SSSR count). The molecule has 0 aliphatic carbocycles. The van der Waals surface area contributed by atoms with E-state index in [4.69, 9.17) is 4.74 Å². The van der Waals surface area contributed by atoms with E-state index in [0.717, 1.165) is 5.69 Å². The topological polar surface area (TPSA) is 53.6 Å². The normalized spacial score (nSPS) is 15.1. The molecular formula is C19H17F6N3O2. The zero-order chi connectivity index (χ0) is 21.9. The van der Waals surface area contributed by atoms with Crippen molar-refractivity contribution in [1.82, 2.24) is 0 Å². The minimum Gasteiger partial charge on any atom is -0.378 e. The van der Waals surface area contributed by atoms with Crippen LogP contribution in [0.25, 0.3) is 0 Å². The molecule has 0 unspecified atom stereocenters. The van der Waals surface area contributed by atoms with E-state index in [1.165, 1.54) is 0 Å². The van der Waals surface area contributed by atoms with Gasteiger partial charge in [-0.05, 0) is 42.5 Å². The average Bonchev–Trinajstić information content (AvgIpc) is 2.67. The first kappa shape index (κ1) is 21.8. The van der Waals surface area contributed by atoms with E-state index in [0.29, 0.717) is 44.1 Å². The summed E-state index contributed by atoms with van der Waals surface area (Å²) in [5.41, 5.74) is -2.42. The fraction of sp³-hybridized carbons (Fsp3) is 0.316. The van der Waals surface area contributed by atoms with Crippen LogP contribution < -0.4 is 15.5 Å². The molecule has 0 radical (unpaired) electrons. The number of ether oxygens (including phenoxy) is 1. The van der Waals surface area contributed by atoms with Crippen molar-refractivity contribution in [2.24, 2.45) is 0 Å². The maximum absolute atomic E-state index is 12.9. The Morgan fingerprint density at radius 1 is 0.800 bits per heavy atom. The number of amides is 2. The van der Waals surface area contributed by atoms with Crippen LogP contribution in [0.4, 0.5) is 48.2 Å². The number of benzene rings is 2. The number of carbonyl (C=O) groups excluding carboxylic acids is 1. The summed E-state index contributed by atoms with van der Waals surface area (Å²) in [7, 11) is 0. The molecule has 2 aromatic rings. The lowest BCUT2D eigenvalue weighted by Gasteiger charge is -2.28. The van der Waals surface area contributed by atoms with Gasteiger partial charge in [-0.25, -0.2) is 4.79 Å². The standard InChI is InChI=1S/C19H17F6N3O2/c20-18(21,22)12-9-13(19(23,24)25)11-15(10-12)27-17(29)26-14-1-3-16(4-2-14)28-5-7-30-8-6-28/h1-4,9-11H,5-8H2,(H2,26,27,29). The van der Waals surface area contributed by atoms with Gasteiger partial charge < -0.3 is 20.3 Å². The van der Waals surface area contributed by atoms with Gasteiger partial charge in [-0.3, -0.25) is 0 Å². The molecule has 0 aromatic heterocycles. The van der Waals surface area contributed by atoms with E-state index < -0.39 is 35.2 Å². The number of nitrogens with one attached hydrogen (secondary N) is 2. The summed E-state index contributed by atoms with van der Waals surface area (Å²) in [5, 5.41) is 4.40. The maximum Gasteiger partial charge on any atom is 0.416 e. The van der Waals surface area contributed by atoms with Crippen molar-refractivity contribution in [2.45, 2.75) is 12.4 Å². The third-order valence-electron chi connectivity index (χ3n) is 4.35. The van der Waals surface area contributed by atoms with Crippen LogP contribution in [-0.4, -0.2) is 32.3 Å². The second-order valence-electron chi connectivity index (χ2n) is 6.52. The highest BCUT2D eigenvalue weighted by atomic mass is 19.4. The predicted molar refractivity (Wildman–Crippen MR) is 98.6 cm³/mol. The Morgan fingerprint density at radius 3 is 1.80 bits per heavy atom. The van der Waals surface area contributed by atoms with Crippen LogP contribution >= 0.6 is 0 Å². The Bertz CT molecular complexity index is 858. The van der Waals surface area contributed by atoms with E-state index in [9.17, 15) is 31.1 Å². The molecule has 2 aromatic carbocycles. The van der Waals surface area contributed by atoms with Crippen LogP contribution in [0, 0.1) is 0 Å². The van der Waals surface area contributed by atoms with Crippen molar-refractivity contribution >= 4 is 23.1 Å². The minimum atomic E-state index is -5.00. The van der Waals surface area contributed by atoms with E-state index >= 15 is 0 Å². The molecule has 1 heterocycles. The molecule has 11 heteroatoms. The summed E-state index contributed by atoms with van der Waals surface area (Å²) in [6.45, 7) is 2.62. The van der Waals surface area contributed by atoms with Crippen LogP contribution in [-0.2, 0) is 17.1 Å². The van der Waals surface area contributed by atoms with Gasteiger partial charge in [0.05, 0.1) is 24.3 Å². The first-order valence-electron chi connectivity index (χ1n) is 8.82. The fourth-order valence-corrected chi connectivity index (χ4v) is 2.90. The molecule has 162 valence electrons. The molecule has 0 spiro atoms. The SMILES string of the molecule is O=C(Nc1ccc(N2CCOCC2)cc1)Nc1cc(C(F)(F)F)cc(C(F)(F)F)c1. The molecule has 0 atom stereocenters. The van der Waals surface area contributed by atoms with Gasteiger partial charge in [-0.15, -0.1) is 0 Å². The Balaban J connectivity index is 1.71. The number of halogens is 6. The molecule has 2 amide bonds. The van der Waals surface area contributed by atoms with Crippen LogP contribution in [0.5, 0.6) is 0 Å². The number of anilines is 3. The zero-order valence-electron chi connectivity index (χ0n) is 15.4. The number of nitrogens with zero attached hydrogens (tertiary/aromatic N) is 1. The van der Waals surface area contributed by atoms with Crippen LogP contribution in [0.2, 0.25) is 0 Å². The fourth-order valence-electron chi connectivity index (χ4n) is 2.90. The Hall–Kier alpha value is -2.95. The Morgan fingerprint density at radius 2 is 1.30 bits per heavy atom. The third-order valence-corrected chi connectivity index (χ3v) is 4.35. The first-order valence-corrected chi connectivity index (χ1v) is 8.82. The highest BCUT2D eigenvalue weighted by molar-refractivity contribution is 6.00. The van der Waals surface area contributed by atoms with Crippen molar-refractivity contribution < 1.29 is 35.9 Å². The van der Waals surface area contributed by atoms with Crippen molar-refractivity contribution in [3.8, 4) is 0 Å². The van der Waals surface area contributed by atoms with Crippen LogP contribution in [0.15, 0.2) is 42.5 Å². The van der Waals surface area contributed by atoms with Gasteiger partial charge >= 0.3 is 18.4 Å². The molecule has 0 bridgehead atoms. The van der Waals surface area contributed by atoms with Crippen molar-refractivity contribution in [2.75, 3.05) is 41.8 Å². The monoisotopic (exact) mass is 433 g/mol. The zero-order valence-corrected chi connectivity index (χ0v) is 15.4. The first-order chi connectivity index (χ1) is 14.0. The van der Waals surface area contributed by atoms with Gasteiger partial charge in [0, 0.05) is 30.2 Å². The lowest BCUT2D eigenvalue weighted by Crippen LogP contribution is -2.36. The molecule has 1 aliphatic rings. The third kappa shape index (κ3) is 5.56. The van der Waals surface area contributed by atoms with Crippen LogP contribution in [0.3, 0.4) is 0 Å². The van der Waals surface area contributed by atoms with Crippen molar-refractivity contribution in [3.63, 3.8) is 0 Å². The second-order valence-corrected chi connectivity index (χ2v) is 6.52. The summed E-state index contributed by atoms with van der Waals surface area (Å²) in [5.74, 6) is 0. The predicted octanol–water partition coefficient (Wildman–Crippen LogP) is 5.20. The highest BCUT2D eigenvalue weighted by Gasteiger charge is 2.37. The Kier molecular flexibility index (Phi) is 6.11.